The Hall–Kier alpha value is -0.710. The maximum Gasteiger partial charge on any atom is 0.184 e. The molecule has 0 radical (unpaired) electrons. The zero-order valence-electron chi connectivity index (χ0n) is 11.9. The van der Waals surface area contributed by atoms with Crippen LogP contribution < -0.4 is 0 Å². The Balaban J connectivity index is 2.30. The normalized spacial score (nSPS) is 42.3. The molecule has 3 N–H and O–H groups in total. The minimum atomic E-state index is -1.09. The highest BCUT2D eigenvalue weighted by Gasteiger charge is 2.53. The van der Waals surface area contributed by atoms with E-state index < -0.39 is 11.7 Å². The number of allylic oxidation sites excluding steroid dienone is 1. The van der Waals surface area contributed by atoms with Crippen molar-refractivity contribution in [3.8, 4) is 0 Å². The molecule has 0 saturated heterocycles. The Bertz CT molecular complexity index is 412. The Labute approximate surface area is 114 Å². The lowest BCUT2D eigenvalue weighted by molar-refractivity contribution is -0.128. The summed E-state index contributed by atoms with van der Waals surface area (Å²) in [5.74, 6) is -0.346. The van der Waals surface area contributed by atoms with Gasteiger partial charge >= 0.3 is 0 Å². The lowest BCUT2D eigenvalue weighted by atomic mass is 9.63. The molecule has 2 aliphatic carbocycles. The highest BCUT2D eigenvalue weighted by molar-refractivity contribution is 5.95. The van der Waals surface area contributed by atoms with Gasteiger partial charge in [0.25, 0.3) is 0 Å². The lowest BCUT2D eigenvalue weighted by Gasteiger charge is -2.43. The molecule has 0 aromatic heterocycles. The van der Waals surface area contributed by atoms with Gasteiger partial charge < -0.3 is 15.3 Å². The quantitative estimate of drug-likeness (QED) is 0.699. The zero-order valence-corrected chi connectivity index (χ0v) is 11.9. The fraction of sp³-hybridized carbons (Fsp3) is 0.800. The molecule has 0 amide bonds. The Morgan fingerprint density at radius 1 is 1.53 bits per heavy atom. The highest BCUT2D eigenvalue weighted by atomic mass is 16.3. The van der Waals surface area contributed by atoms with Crippen molar-refractivity contribution in [2.45, 2.75) is 51.7 Å². The first-order valence-electron chi connectivity index (χ1n) is 6.98. The van der Waals surface area contributed by atoms with Gasteiger partial charge in [-0.25, -0.2) is 0 Å². The van der Waals surface area contributed by atoms with Crippen molar-refractivity contribution in [2.24, 2.45) is 17.3 Å². The topological polar surface area (TPSA) is 77.8 Å². The molecule has 2 aliphatic rings. The van der Waals surface area contributed by atoms with E-state index in [1.54, 1.807) is 13.0 Å². The van der Waals surface area contributed by atoms with E-state index in [1.165, 1.54) is 0 Å². The van der Waals surface area contributed by atoms with Crippen molar-refractivity contribution in [3.05, 3.63) is 11.6 Å². The molecule has 1 saturated carbocycles. The van der Waals surface area contributed by atoms with Crippen LogP contribution in [0.3, 0.4) is 0 Å². The van der Waals surface area contributed by atoms with E-state index in [0.29, 0.717) is 6.42 Å². The molecule has 108 valence electrons. The lowest BCUT2D eigenvalue weighted by Crippen LogP contribution is -2.45. The smallest absolute Gasteiger partial charge is 0.184 e. The predicted molar refractivity (Wildman–Crippen MR) is 71.4 cm³/mol. The molecule has 0 heterocycles. The van der Waals surface area contributed by atoms with Crippen LogP contribution >= 0.6 is 0 Å². The van der Waals surface area contributed by atoms with E-state index in [4.69, 9.17) is 0 Å². The first-order valence-corrected chi connectivity index (χ1v) is 6.98. The van der Waals surface area contributed by atoms with Gasteiger partial charge in [0.2, 0.25) is 0 Å². The molecule has 2 rings (SSSR count). The fourth-order valence-electron chi connectivity index (χ4n) is 3.86. The van der Waals surface area contributed by atoms with E-state index in [9.17, 15) is 20.1 Å². The Morgan fingerprint density at radius 3 is 2.74 bits per heavy atom. The molecule has 4 nitrogen and oxygen atoms in total. The van der Waals surface area contributed by atoms with Crippen molar-refractivity contribution >= 4 is 5.78 Å². The summed E-state index contributed by atoms with van der Waals surface area (Å²) in [6.07, 6.45) is 2.99. The minimum absolute atomic E-state index is 0.00343. The minimum Gasteiger partial charge on any atom is -0.393 e. The Kier molecular flexibility index (Phi) is 3.62. The third kappa shape index (κ3) is 2.16. The average molecular weight is 268 g/mol. The van der Waals surface area contributed by atoms with E-state index in [-0.39, 0.29) is 29.6 Å². The van der Waals surface area contributed by atoms with Crippen LogP contribution in [0.25, 0.3) is 0 Å². The summed E-state index contributed by atoms with van der Waals surface area (Å²) >= 11 is 0. The molecular formula is C15H24O4. The van der Waals surface area contributed by atoms with Gasteiger partial charge in [0, 0.05) is 0 Å². The molecule has 1 fully saturated rings. The van der Waals surface area contributed by atoms with Crippen LogP contribution in [0.15, 0.2) is 11.6 Å². The number of hydrogen-bond acceptors (Lipinski definition) is 4. The van der Waals surface area contributed by atoms with E-state index in [0.717, 1.165) is 18.4 Å². The first kappa shape index (κ1) is 14.7. The van der Waals surface area contributed by atoms with Gasteiger partial charge in [0.15, 0.2) is 5.78 Å². The third-order valence-corrected chi connectivity index (χ3v) is 5.53. The van der Waals surface area contributed by atoms with Crippen LogP contribution in [0.1, 0.15) is 40.0 Å². The van der Waals surface area contributed by atoms with Gasteiger partial charge in [0.1, 0.15) is 6.10 Å². The Morgan fingerprint density at radius 2 is 2.16 bits per heavy atom. The van der Waals surface area contributed by atoms with Crippen LogP contribution in [0.4, 0.5) is 0 Å². The van der Waals surface area contributed by atoms with E-state index in [2.05, 4.69) is 0 Å². The molecule has 1 spiro atoms. The van der Waals surface area contributed by atoms with Crippen molar-refractivity contribution in [3.63, 3.8) is 0 Å². The van der Waals surface area contributed by atoms with Gasteiger partial charge in [0.05, 0.1) is 12.2 Å². The van der Waals surface area contributed by atoms with Crippen LogP contribution in [-0.4, -0.2) is 39.4 Å². The van der Waals surface area contributed by atoms with Crippen molar-refractivity contribution < 1.29 is 20.1 Å². The average Bonchev–Trinajstić information content (AvgIpc) is 2.82. The van der Waals surface area contributed by atoms with Crippen molar-refractivity contribution in [1.29, 1.82) is 0 Å². The molecular weight excluding hydrogens is 244 g/mol. The number of rotatable bonds is 2. The molecule has 0 aliphatic heterocycles. The number of carbonyl (C=O) groups is 1. The molecule has 0 aromatic rings. The SMILES string of the molecule is CC1=CC(=O)[C@H](O)[C@H](C)[C@]12CC[C@H]([C@@](C)(O)CO)C2. The number of aliphatic hydroxyl groups is 3. The fourth-order valence-corrected chi connectivity index (χ4v) is 3.86. The second-order valence-electron chi connectivity index (χ2n) is 6.57. The molecule has 0 unspecified atom stereocenters. The van der Waals surface area contributed by atoms with Gasteiger partial charge in [-0.1, -0.05) is 12.5 Å². The summed E-state index contributed by atoms with van der Waals surface area (Å²) in [6.45, 7) is 5.25. The van der Waals surface area contributed by atoms with Crippen molar-refractivity contribution in [2.75, 3.05) is 6.61 Å². The molecule has 4 heteroatoms. The van der Waals surface area contributed by atoms with Crippen LogP contribution in [-0.2, 0) is 4.79 Å². The summed E-state index contributed by atoms with van der Waals surface area (Å²) < 4.78 is 0. The standard InChI is InChI=1S/C15H24O4/c1-9-6-12(17)13(18)10(2)15(9)5-4-11(7-15)14(3,19)8-16/h6,10-11,13,16,18-19H,4-5,7-8H2,1-3H3/t10-,11-,13+,14-,15-/m0/s1. The zero-order chi connectivity index (χ0) is 14.4. The summed E-state index contributed by atoms with van der Waals surface area (Å²) in [5.41, 5.74) is -0.292. The van der Waals surface area contributed by atoms with Gasteiger partial charge in [-0.2, -0.15) is 0 Å². The molecule has 0 bridgehead atoms. The molecule has 19 heavy (non-hydrogen) atoms. The van der Waals surface area contributed by atoms with E-state index >= 15 is 0 Å². The maximum absolute atomic E-state index is 11.7. The van der Waals surface area contributed by atoms with Gasteiger partial charge in [-0.3, -0.25) is 4.79 Å². The monoisotopic (exact) mass is 268 g/mol. The summed E-state index contributed by atoms with van der Waals surface area (Å²) in [6, 6.07) is 0. The maximum atomic E-state index is 11.7. The number of ketones is 1. The van der Waals surface area contributed by atoms with Gasteiger partial charge in [-0.15, -0.1) is 0 Å². The number of carbonyl (C=O) groups excluding carboxylic acids is 1. The summed E-state index contributed by atoms with van der Waals surface area (Å²) in [5, 5.41) is 29.6. The third-order valence-electron chi connectivity index (χ3n) is 5.53. The summed E-state index contributed by atoms with van der Waals surface area (Å²) in [7, 11) is 0. The summed E-state index contributed by atoms with van der Waals surface area (Å²) in [4.78, 5) is 11.7. The van der Waals surface area contributed by atoms with Crippen LogP contribution in [0, 0.1) is 17.3 Å². The highest BCUT2D eigenvalue weighted by Crippen LogP contribution is 2.56. The second-order valence-corrected chi connectivity index (χ2v) is 6.57. The van der Waals surface area contributed by atoms with Gasteiger partial charge in [-0.05, 0) is 56.4 Å². The first-order chi connectivity index (χ1) is 8.74. The second kappa shape index (κ2) is 4.69. The van der Waals surface area contributed by atoms with Crippen LogP contribution in [0.2, 0.25) is 0 Å². The van der Waals surface area contributed by atoms with Crippen molar-refractivity contribution in [1.82, 2.24) is 0 Å². The molecule has 5 atom stereocenters. The predicted octanol–water partition coefficient (Wildman–Crippen LogP) is 1.04. The van der Waals surface area contributed by atoms with Crippen LogP contribution in [0.5, 0.6) is 0 Å². The van der Waals surface area contributed by atoms with E-state index in [1.807, 2.05) is 13.8 Å². The number of hydrogen-bond donors (Lipinski definition) is 3. The largest absolute Gasteiger partial charge is 0.393 e. The number of aliphatic hydroxyl groups excluding tert-OH is 2. The molecule has 0 aromatic carbocycles.